The molecule has 8 rings (SSSR count). The van der Waals surface area contributed by atoms with E-state index in [0.29, 0.717) is 41.5 Å². The van der Waals surface area contributed by atoms with Gasteiger partial charge in [0.2, 0.25) is 5.91 Å². The van der Waals surface area contributed by atoms with Gasteiger partial charge in [-0.05, 0) is 94.2 Å². The summed E-state index contributed by atoms with van der Waals surface area (Å²) in [6, 6.07) is 9.40. The molecule has 0 spiro atoms. The van der Waals surface area contributed by atoms with E-state index in [-0.39, 0.29) is 43.0 Å². The number of halogens is 2. The highest BCUT2D eigenvalue weighted by Gasteiger charge is 2.34. The molecule has 2 saturated carbocycles. The zero-order valence-corrected chi connectivity index (χ0v) is 28.2. The standard InChI is InChI=1S/C38H46F2N6O3/c1-22-34(42-46-19-27(15-32(40)35(22)46)38(49)44-20-28(39)17-29(41)21-44)33-16-26-3-2-4-31(36(26)45(33)18-23-5-6-23)24-11-13-43(14-12-24)37(48)25-7-9-30(47)10-8-25/h2-4,15-16,19,23-25,28-30,47H,5-14,17-18,20-21,41H2,1H3/t25-,28-,29-,30-/m1/s1. The van der Waals surface area contributed by atoms with Crippen molar-refractivity contribution >= 4 is 28.2 Å². The Morgan fingerprint density at radius 3 is 2.45 bits per heavy atom. The van der Waals surface area contributed by atoms with Crippen LogP contribution in [0.3, 0.4) is 0 Å². The van der Waals surface area contributed by atoms with Gasteiger partial charge in [0, 0.05) is 55.3 Å². The predicted octanol–water partition coefficient (Wildman–Crippen LogP) is 5.58. The van der Waals surface area contributed by atoms with Crippen molar-refractivity contribution in [2.75, 3.05) is 26.2 Å². The molecule has 49 heavy (non-hydrogen) atoms. The van der Waals surface area contributed by atoms with E-state index in [4.69, 9.17) is 10.8 Å². The number of pyridine rings is 1. The van der Waals surface area contributed by atoms with Gasteiger partial charge in [-0.25, -0.2) is 13.3 Å². The highest BCUT2D eigenvalue weighted by atomic mass is 19.1. The highest BCUT2D eigenvalue weighted by Crippen LogP contribution is 2.41. The molecule has 2 aliphatic heterocycles. The monoisotopic (exact) mass is 672 g/mol. The van der Waals surface area contributed by atoms with Gasteiger partial charge in [0.15, 0.2) is 0 Å². The van der Waals surface area contributed by atoms with Crippen molar-refractivity contribution in [1.82, 2.24) is 24.0 Å². The third kappa shape index (κ3) is 6.13. The lowest BCUT2D eigenvalue weighted by Gasteiger charge is -2.36. The summed E-state index contributed by atoms with van der Waals surface area (Å²) in [7, 11) is 0. The molecular formula is C38H46F2N6O3. The number of benzene rings is 1. The number of amides is 2. The van der Waals surface area contributed by atoms with Crippen molar-refractivity contribution in [3.63, 3.8) is 0 Å². The van der Waals surface area contributed by atoms with Crippen LogP contribution in [0.5, 0.6) is 0 Å². The lowest BCUT2D eigenvalue weighted by Crippen LogP contribution is -2.50. The number of hydrogen-bond acceptors (Lipinski definition) is 5. The van der Waals surface area contributed by atoms with E-state index in [0.717, 1.165) is 56.4 Å². The van der Waals surface area contributed by atoms with Crippen LogP contribution < -0.4 is 5.73 Å². The Labute approximate surface area is 285 Å². The van der Waals surface area contributed by atoms with Crippen molar-refractivity contribution in [2.45, 2.75) is 95.5 Å². The Bertz CT molecular complexity index is 1890. The van der Waals surface area contributed by atoms with Crippen molar-refractivity contribution < 1.29 is 23.5 Å². The molecule has 0 bridgehead atoms. The summed E-state index contributed by atoms with van der Waals surface area (Å²) in [4.78, 5) is 30.1. The van der Waals surface area contributed by atoms with Gasteiger partial charge in [0.25, 0.3) is 5.91 Å². The largest absolute Gasteiger partial charge is 0.393 e. The molecule has 2 amide bonds. The van der Waals surface area contributed by atoms with Crippen LogP contribution in [0.2, 0.25) is 0 Å². The van der Waals surface area contributed by atoms with E-state index in [1.54, 1.807) is 6.20 Å². The summed E-state index contributed by atoms with van der Waals surface area (Å²) >= 11 is 0. The van der Waals surface area contributed by atoms with Crippen LogP contribution in [0.25, 0.3) is 27.8 Å². The third-order valence-electron chi connectivity index (χ3n) is 11.5. The van der Waals surface area contributed by atoms with Crippen LogP contribution >= 0.6 is 0 Å². The predicted molar refractivity (Wildman–Crippen MR) is 183 cm³/mol. The summed E-state index contributed by atoms with van der Waals surface area (Å²) in [5.74, 6) is 0.155. The first-order valence-electron chi connectivity index (χ1n) is 18.1. The Morgan fingerprint density at radius 2 is 1.73 bits per heavy atom. The van der Waals surface area contributed by atoms with Gasteiger partial charge < -0.3 is 25.2 Å². The van der Waals surface area contributed by atoms with Gasteiger partial charge in [0.05, 0.1) is 29.4 Å². The zero-order valence-electron chi connectivity index (χ0n) is 28.2. The van der Waals surface area contributed by atoms with Crippen LogP contribution in [-0.2, 0) is 11.3 Å². The smallest absolute Gasteiger partial charge is 0.255 e. The van der Waals surface area contributed by atoms with Crippen LogP contribution in [0, 0.1) is 24.6 Å². The molecule has 9 nitrogen and oxygen atoms in total. The first-order chi connectivity index (χ1) is 23.6. The van der Waals surface area contributed by atoms with E-state index in [9.17, 15) is 19.1 Å². The van der Waals surface area contributed by atoms with Crippen molar-refractivity contribution in [3.05, 3.63) is 59.0 Å². The van der Waals surface area contributed by atoms with Crippen molar-refractivity contribution in [2.24, 2.45) is 17.6 Å². The molecule has 11 heteroatoms. The minimum absolute atomic E-state index is 0.0278. The number of likely N-dealkylation sites (tertiary alicyclic amines) is 2. The summed E-state index contributed by atoms with van der Waals surface area (Å²) < 4.78 is 33.9. The SMILES string of the molecule is Cc1c(-c2cc3cccc(C4CCN(C(=O)[C@H]5CC[C@H](O)CC5)CC4)c3n2CC2CC2)nn2cc(C(=O)N3C[C@H](N)C[C@@H](F)C3)cc(F)c12. The fourth-order valence-corrected chi connectivity index (χ4v) is 8.68. The van der Waals surface area contributed by atoms with Gasteiger partial charge in [-0.2, -0.15) is 5.10 Å². The van der Waals surface area contributed by atoms with E-state index in [1.165, 1.54) is 39.4 Å². The second-order valence-corrected chi connectivity index (χ2v) is 15.1. The molecule has 0 radical (unpaired) electrons. The maximum Gasteiger partial charge on any atom is 0.255 e. The number of rotatable bonds is 6. The molecule has 0 unspecified atom stereocenters. The number of aromatic nitrogens is 3. The Balaban J connectivity index is 1.11. The number of nitrogens with zero attached hydrogens (tertiary/aromatic N) is 5. The second kappa shape index (κ2) is 12.8. The van der Waals surface area contributed by atoms with Crippen LogP contribution in [-0.4, -0.2) is 85.4 Å². The molecule has 1 aromatic carbocycles. The Hall–Kier alpha value is -3.83. The molecule has 2 saturated heterocycles. The fourth-order valence-electron chi connectivity index (χ4n) is 8.68. The molecular weight excluding hydrogens is 626 g/mol. The number of aliphatic hydroxyl groups excluding tert-OH is 1. The van der Waals surface area contributed by atoms with Gasteiger partial charge >= 0.3 is 0 Å². The first kappa shape index (κ1) is 32.4. The molecule has 4 fully saturated rings. The average Bonchev–Trinajstić information content (AvgIpc) is 3.75. The quantitative estimate of drug-likeness (QED) is 0.278. The number of nitrogens with two attached hydrogens (primary N) is 1. The van der Waals surface area contributed by atoms with Gasteiger partial charge in [0.1, 0.15) is 23.2 Å². The topological polar surface area (TPSA) is 109 Å². The molecule has 4 aromatic rings. The second-order valence-electron chi connectivity index (χ2n) is 15.1. The number of carbonyl (C=O) groups excluding carboxylic acids is 2. The summed E-state index contributed by atoms with van der Waals surface area (Å²) in [5, 5.41) is 15.9. The van der Waals surface area contributed by atoms with Gasteiger partial charge in [-0.1, -0.05) is 18.2 Å². The summed E-state index contributed by atoms with van der Waals surface area (Å²) in [6.45, 7) is 4.36. The highest BCUT2D eigenvalue weighted by molar-refractivity contribution is 5.95. The lowest BCUT2D eigenvalue weighted by atomic mass is 9.84. The number of hydrogen-bond donors (Lipinski definition) is 2. The summed E-state index contributed by atoms with van der Waals surface area (Å²) in [5.41, 5.74) is 11.2. The van der Waals surface area contributed by atoms with E-state index >= 15 is 4.39 Å². The molecule has 3 N–H and O–H groups in total. The number of para-hydroxylation sites is 1. The molecule has 2 aliphatic carbocycles. The van der Waals surface area contributed by atoms with Crippen LogP contribution in [0.15, 0.2) is 36.5 Å². The molecule has 4 aliphatic rings. The lowest BCUT2D eigenvalue weighted by molar-refractivity contribution is -0.138. The van der Waals surface area contributed by atoms with Crippen molar-refractivity contribution in [3.8, 4) is 11.4 Å². The third-order valence-corrected chi connectivity index (χ3v) is 11.5. The Morgan fingerprint density at radius 1 is 0.980 bits per heavy atom. The van der Waals surface area contributed by atoms with Crippen molar-refractivity contribution in [1.29, 1.82) is 0 Å². The number of fused-ring (bicyclic) bond motifs is 2. The average molecular weight is 673 g/mol. The molecule has 2 atom stereocenters. The molecule has 3 aromatic heterocycles. The minimum Gasteiger partial charge on any atom is -0.393 e. The van der Waals surface area contributed by atoms with Gasteiger partial charge in [-0.3, -0.25) is 9.59 Å². The summed E-state index contributed by atoms with van der Waals surface area (Å²) in [6.07, 6.45) is 7.38. The normalized spacial score (nSPS) is 25.4. The minimum atomic E-state index is -1.20. The number of piperidine rings is 2. The van der Waals surface area contributed by atoms with E-state index in [1.807, 2.05) is 11.8 Å². The van der Waals surface area contributed by atoms with E-state index < -0.39 is 23.9 Å². The maximum absolute atomic E-state index is 15.8. The maximum atomic E-state index is 15.8. The Kier molecular flexibility index (Phi) is 8.46. The fraction of sp³-hybridized carbons (Fsp3) is 0.553. The molecule has 260 valence electrons. The molecule has 5 heterocycles. The number of aryl methyl sites for hydroxylation is 1. The number of carbonyl (C=O) groups is 2. The number of aliphatic hydroxyl groups is 1. The van der Waals surface area contributed by atoms with E-state index in [2.05, 4.69) is 28.8 Å². The zero-order chi connectivity index (χ0) is 34.0. The first-order valence-corrected chi connectivity index (χ1v) is 18.1. The van der Waals surface area contributed by atoms with Crippen LogP contribution in [0.4, 0.5) is 8.78 Å². The number of alkyl halides is 1. The van der Waals surface area contributed by atoms with Crippen LogP contribution in [0.1, 0.15) is 85.2 Å². The van der Waals surface area contributed by atoms with Gasteiger partial charge in [-0.15, -0.1) is 0 Å².